The quantitative estimate of drug-likeness (QED) is 0.813. The fraction of sp³-hybridized carbons (Fsp3) is 0.647. The molecule has 1 aromatic rings. The summed E-state index contributed by atoms with van der Waals surface area (Å²) in [7, 11) is 0. The van der Waals surface area contributed by atoms with Gasteiger partial charge in [0.15, 0.2) is 0 Å². The van der Waals surface area contributed by atoms with Crippen LogP contribution in [0.3, 0.4) is 0 Å². The van der Waals surface area contributed by atoms with Crippen LogP contribution in [0, 0.1) is 12.8 Å². The lowest BCUT2D eigenvalue weighted by atomic mass is 9.92. The summed E-state index contributed by atoms with van der Waals surface area (Å²) in [4.78, 5) is 0. The van der Waals surface area contributed by atoms with Crippen LogP contribution in [0.1, 0.15) is 37.3 Å². The zero-order chi connectivity index (χ0) is 13.5. The van der Waals surface area contributed by atoms with E-state index in [4.69, 9.17) is 4.74 Å². The highest BCUT2D eigenvalue weighted by Gasteiger charge is 2.24. The average Bonchev–Trinajstić information content (AvgIpc) is 2.93. The third-order valence-electron chi connectivity index (χ3n) is 4.02. The SMILES string of the molecule is CCCNC(CCc1cccc(C)c1)C1CCOC1. The highest BCUT2D eigenvalue weighted by Crippen LogP contribution is 2.20. The van der Waals surface area contributed by atoms with Crippen molar-refractivity contribution >= 4 is 0 Å². The minimum atomic E-state index is 0.614. The Balaban J connectivity index is 1.88. The molecule has 0 aromatic heterocycles. The number of rotatable bonds is 7. The molecule has 2 rings (SSSR count). The normalized spacial score (nSPS) is 20.6. The van der Waals surface area contributed by atoms with E-state index < -0.39 is 0 Å². The number of benzene rings is 1. The van der Waals surface area contributed by atoms with Crippen LogP contribution in [0.2, 0.25) is 0 Å². The summed E-state index contributed by atoms with van der Waals surface area (Å²) in [6.07, 6.45) is 4.81. The van der Waals surface area contributed by atoms with Crippen molar-refractivity contribution in [2.45, 2.75) is 45.6 Å². The van der Waals surface area contributed by atoms with E-state index in [1.54, 1.807) is 0 Å². The first-order chi connectivity index (χ1) is 9.29. The third-order valence-corrected chi connectivity index (χ3v) is 4.02. The lowest BCUT2D eigenvalue weighted by Crippen LogP contribution is -2.37. The fourth-order valence-electron chi connectivity index (χ4n) is 2.89. The Kier molecular flexibility index (Phi) is 5.87. The molecular weight excluding hydrogens is 234 g/mol. The van der Waals surface area contributed by atoms with Gasteiger partial charge in [-0.15, -0.1) is 0 Å². The summed E-state index contributed by atoms with van der Waals surface area (Å²) >= 11 is 0. The predicted molar refractivity (Wildman–Crippen MR) is 80.5 cm³/mol. The molecule has 1 N–H and O–H groups in total. The van der Waals surface area contributed by atoms with Crippen LogP contribution in [0.15, 0.2) is 24.3 Å². The molecule has 2 atom stereocenters. The maximum absolute atomic E-state index is 5.55. The molecule has 1 aliphatic rings. The minimum Gasteiger partial charge on any atom is -0.381 e. The van der Waals surface area contributed by atoms with E-state index >= 15 is 0 Å². The van der Waals surface area contributed by atoms with E-state index in [1.807, 2.05) is 0 Å². The van der Waals surface area contributed by atoms with Crippen LogP contribution in [0.5, 0.6) is 0 Å². The minimum absolute atomic E-state index is 0.614. The van der Waals surface area contributed by atoms with Gasteiger partial charge in [0.2, 0.25) is 0 Å². The molecule has 19 heavy (non-hydrogen) atoms. The van der Waals surface area contributed by atoms with E-state index in [-0.39, 0.29) is 0 Å². The van der Waals surface area contributed by atoms with Gasteiger partial charge in [0.25, 0.3) is 0 Å². The molecule has 0 saturated carbocycles. The van der Waals surface area contributed by atoms with E-state index in [2.05, 4.69) is 43.4 Å². The van der Waals surface area contributed by atoms with Crippen molar-refractivity contribution in [1.82, 2.24) is 5.32 Å². The van der Waals surface area contributed by atoms with Gasteiger partial charge in [-0.25, -0.2) is 0 Å². The Hall–Kier alpha value is -0.860. The van der Waals surface area contributed by atoms with E-state index in [0.717, 1.165) is 19.8 Å². The van der Waals surface area contributed by atoms with Crippen molar-refractivity contribution in [3.05, 3.63) is 35.4 Å². The van der Waals surface area contributed by atoms with Gasteiger partial charge in [0.05, 0.1) is 6.61 Å². The van der Waals surface area contributed by atoms with Crippen LogP contribution in [-0.4, -0.2) is 25.8 Å². The molecule has 2 nitrogen and oxygen atoms in total. The second-order valence-electron chi connectivity index (χ2n) is 5.71. The Morgan fingerprint density at radius 1 is 1.42 bits per heavy atom. The topological polar surface area (TPSA) is 21.3 Å². The van der Waals surface area contributed by atoms with Crippen molar-refractivity contribution in [3.8, 4) is 0 Å². The molecule has 1 heterocycles. The molecule has 0 amide bonds. The first-order valence-electron chi connectivity index (χ1n) is 7.66. The Bertz CT molecular complexity index is 371. The van der Waals surface area contributed by atoms with Crippen molar-refractivity contribution in [2.24, 2.45) is 5.92 Å². The second-order valence-corrected chi connectivity index (χ2v) is 5.71. The van der Waals surface area contributed by atoms with Crippen LogP contribution in [0.25, 0.3) is 0 Å². The van der Waals surface area contributed by atoms with Gasteiger partial charge >= 0.3 is 0 Å². The lowest BCUT2D eigenvalue weighted by Gasteiger charge is -2.24. The fourth-order valence-corrected chi connectivity index (χ4v) is 2.89. The van der Waals surface area contributed by atoms with Crippen molar-refractivity contribution in [2.75, 3.05) is 19.8 Å². The van der Waals surface area contributed by atoms with Gasteiger partial charge in [-0.1, -0.05) is 36.8 Å². The van der Waals surface area contributed by atoms with Gasteiger partial charge in [0, 0.05) is 12.6 Å². The highest BCUT2D eigenvalue weighted by atomic mass is 16.5. The van der Waals surface area contributed by atoms with E-state index in [9.17, 15) is 0 Å². The third kappa shape index (κ3) is 4.63. The highest BCUT2D eigenvalue weighted by molar-refractivity contribution is 5.22. The summed E-state index contributed by atoms with van der Waals surface area (Å²) < 4.78 is 5.55. The number of nitrogens with one attached hydrogen (secondary N) is 1. The van der Waals surface area contributed by atoms with Gasteiger partial charge in [-0.3, -0.25) is 0 Å². The summed E-state index contributed by atoms with van der Waals surface area (Å²) in [5, 5.41) is 3.72. The molecule has 1 fully saturated rings. The molecule has 2 heteroatoms. The number of ether oxygens (including phenoxy) is 1. The molecule has 0 bridgehead atoms. The zero-order valence-electron chi connectivity index (χ0n) is 12.3. The number of aryl methyl sites for hydroxylation is 2. The zero-order valence-corrected chi connectivity index (χ0v) is 12.3. The lowest BCUT2D eigenvalue weighted by molar-refractivity contribution is 0.175. The molecule has 1 aromatic carbocycles. The number of hydrogen-bond acceptors (Lipinski definition) is 2. The monoisotopic (exact) mass is 261 g/mol. The standard InChI is InChI=1S/C17H27NO/c1-3-10-18-17(16-9-11-19-13-16)8-7-15-6-4-5-14(2)12-15/h4-6,12,16-18H,3,7-11,13H2,1-2H3. The van der Waals surface area contributed by atoms with Crippen LogP contribution in [0.4, 0.5) is 0 Å². The average molecular weight is 261 g/mol. The Morgan fingerprint density at radius 3 is 3.00 bits per heavy atom. The maximum atomic E-state index is 5.55. The molecule has 0 spiro atoms. The van der Waals surface area contributed by atoms with Crippen molar-refractivity contribution < 1.29 is 4.74 Å². The van der Waals surface area contributed by atoms with E-state index in [1.165, 1.54) is 36.8 Å². The molecular formula is C17H27NO. The van der Waals surface area contributed by atoms with Gasteiger partial charge in [0.1, 0.15) is 0 Å². The molecule has 106 valence electrons. The van der Waals surface area contributed by atoms with E-state index in [0.29, 0.717) is 12.0 Å². The first kappa shape index (κ1) is 14.5. The van der Waals surface area contributed by atoms with Gasteiger partial charge in [-0.2, -0.15) is 0 Å². The summed E-state index contributed by atoms with van der Waals surface area (Å²) in [5.41, 5.74) is 2.82. The smallest absolute Gasteiger partial charge is 0.0510 e. The molecule has 0 aliphatic carbocycles. The van der Waals surface area contributed by atoms with Gasteiger partial charge < -0.3 is 10.1 Å². The van der Waals surface area contributed by atoms with Crippen LogP contribution in [-0.2, 0) is 11.2 Å². The Morgan fingerprint density at radius 2 is 2.32 bits per heavy atom. The first-order valence-corrected chi connectivity index (χ1v) is 7.66. The molecule has 0 radical (unpaired) electrons. The molecule has 1 aliphatic heterocycles. The molecule has 2 unspecified atom stereocenters. The predicted octanol–water partition coefficient (Wildman–Crippen LogP) is 3.33. The van der Waals surface area contributed by atoms with Crippen LogP contribution < -0.4 is 5.32 Å². The summed E-state index contributed by atoms with van der Waals surface area (Å²) in [6.45, 7) is 7.40. The largest absolute Gasteiger partial charge is 0.381 e. The summed E-state index contributed by atoms with van der Waals surface area (Å²) in [6, 6.07) is 9.50. The second kappa shape index (κ2) is 7.66. The molecule has 1 saturated heterocycles. The summed E-state index contributed by atoms with van der Waals surface area (Å²) in [5.74, 6) is 0.705. The van der Waals surface area contributed by atoms with Crippen LogP contribution >= 0.6 is 0 Å². The van der Waals surface area contributed by atoms with Crippen molar-refractivity contribution in [1.29, 1.82) is 0 Å². The van der Waals surface area contributed by atoms with Gasteiger partial charge in [-0.05, 0) is 50.6 Å². The maximum Gasteiger partial charge on any atom is 0.0510 e. The Labute approximate surface area is 117 Å². The number of hydrogen-bond donors (Lipinski definition) is 1. The van der Waals surface area contributed by atoms with Crippen molar-refractivity contribution in [3.63, 3.8) is 0 Å².